The van der Waals surface area contributed by atoms with Crippen molar-refractivity contribution in [2.24, 2.45) is 0 Å². The van der Waals surface area contributed by atoms with Gasteiger partial charge in [-0.15, -0.1) is 0 Å². The van der Waals surface area contributed by atoms with E-state index in [1.807, 2.05) is 12.1 Å². The first-order valence-electron chi connectivity index (χ1n) is 9.80. The van der Waals surface area contributed by atoms with Crippen molar-refractivity contribution < 1.29 is 0 Å². The molecule has 29 heavy (non-hydrogen) atoms. The fourth-order valence-corrected chi connectivity index (χ4v) is 4.32. The summed E-state index contributed by atoms with van der Waals surface area (Å²) in [5.74, 6) is 0.946. The molecule has 0 spiro atoms. The van der Waals surface area contributed by atoms with Crippen LogP contribution >= 0.6 is 23.5 Å². The van der Waals surface area contributed by atoms with E-state index < -0.39 is 0 Å². The van der Waals surface area contributed by atoms with Gasteiger partial charge in [-0.05, 0) is 69.4 Å². The molecule has 0 fully saturated rings. The van der Waals surface area contributed by atoms with Crippen LogP contribution in [-0.2, 0) is 6.54 Å². The molecule has 5 nitrogen and oxygen atoms in total. The molecule has 0 aliphatic carbocycles. The Kier molecular flexibility index (Phi) is 5.97. The standard InChI is InChI=1S/C22H26ClN5S/c1-14-11-18-19(12-15(14)2)26-22-21(25-18)17-13-16(23)5-6-20(17)28(22)9-10-29-24-7-8-27(3)4/h5-6,11-13,24H,7-10H2,1-4H3. The van der Waals surface area contributed by atoms with Crippen LogP contribution in [0, 0.1) is 13.8 Å². The van der Waals surface area contributed by atoms with Gasteiger partial charge in [0.05, 0.1) is 16.6 Å². The molecule has 0 aliphatic rings. The maximum Gasteiger partial charge on any atom is 0.160 e. The Morgan fingerprint density at radius 1 is 1.07 bits per heavy atom. The van der Waals surface area contributed by atoms with Gasteiger partial charge < -0.3 is 9.47 Å². The van der Waals surface area contributed by atoms with E-state index in [4.69, 9.17) is 21.6 Å². The van der Waals surface area contributed by atoms with Gasteiger partial charge in [-0.25, -0.2) is 9.97 Å². The van der Waals surface area contributed by atoms with Gasteiger partial charge in [-0.3, -0.25) is 4.72 Å². The molecule has 0 bridgehead atoms. The Balaban J connectivity index is 1.73. The van der Waals surface area contributed by atoms with E-state index in [-0.39, 0.29) is 0 Å². The largest absolute Gasteiger partial charge is 0.323 e. The van der Waals surface area contributed by atoms with Crippen molar-refractivity contribution >= 4 is 56.6 Å². The van der Waals surface area contributed by atoms with E-state index in [0.29, 0.717) is 0 Å². The van der Waals surface area contributed by atoms with E-state index in [9.17, 15) is 0 Å². The van der Waals surface area contributed by atoms with Gasteiger partial charge in [0.1, 0.15) is 5.52 Å². The summed E-state index contributed by atoms with van der Waals surface area (Å²) in [4.78, 5) is 12.2. The van der Waals surface area contributed by atoms with E-state index in [0.717, 1.165) is 63.5 Å². The molecule has 0 amide bonds. The third-order valence-corrected chi connectivity index (χ3v) is 6.23. The summed E-state index contributed by atoms with van der Waals surface area (Å²) in [5.41, 5.74) is 7.30. The Hall–Kier alpha value is -1.86. The maximum atomic E-state index is 6.30. The van der Waals surface area contributed by atoms with Crippen molar-refractivity contribution in [1.29, 1.82) is 0 Å². The number of aryl methyl sites for hydroxylation is 3. The van der Waals surface area contributed by atoms with Crippen LogP contribution in [-0.4, -0.2) is 52.4 Å². The summed E-state index contributed by atoms with van der Waals surface area (Å²) in [5, 5.41) is 1.78. The summed E-state index contributed by atoms with van der Waals surface area (Å²) in [6.07, 6.45) is 0. The van der Waals surface area contributed by atoms with E-state index in [1.54, 1.807) is 11.9 Å². The minimum atomic E-state index is 0.721. The number of aromatic nitrogens is 3. The topological polar surface area (TPSA) is 46.0 Å². The van der Waals surface area contributed by atoms with Crippen LogP contribution in [0.3, 0.4) is 0 Å². The number of nitrogens with zero attached hydrogens (tertiary/aromatic N) is 4. The Labute approximate surface area is 180 Å². The Morgan fingerprint density at radius 2 is 1.79 bits per heavy atom. The first-order valence-corrected chi connectivity index (χ1v) is 11.2. The SMILES string of the molecule is Cc1cc2nc3c4cc(Cl)ccc4n(CCSNCCN(C)C)c3nc2cc1C. The molecule has 2 aromatic heterocycles. The van der Waals surface area contributed by atoms with Crippen LogP contribution < -0.4 is 4.72 Å². The first kappa shape index (κ1) is 20.4. The van der Waals surface area contributed by atoms with Crippen LogP contribution in [0.15, 0.2) is 30.3 Å². The maximum absolute atomic E-state index is 6.30. The lowest BCUT2D eigenvalue weighted by Crippen LogP contribution is -2.23. The molecule has 4 rings (SSSR count). The predicted octanol–water partition coefficient (Wildman–Crippen LogP) is 4.81. The second-order valence-corrected chi connectivity index (χ2v) is 9.10. The van der Waals surface area contributed by atoms with Gasteiger partial charge in [0.2, 0.25) is 0 Å². The molecule has 152 valence electrons. The summed E-state index contributed by atoms with van der Waals surface area (Å²) < 4.78 is 5.70. The van der Waals surface area contributed by atoms with Crippen molar-refractivity contribution in [1.82, 2.24) is 24.2 Å². The summed E-state index contributed by atoms with van der Waals surface area (Å²) in [7, 11) is 4.17. The lowest BCUT2D eigenvalue weighted by molar-refractivity contribution is 0.415. The molecule has 0 unspecified atom stereocenters. The third-order valence-electron chi connectivity index (χ3n) is 5.20. The van der Waals surface area contributed by atoms with Crippen LogP contribution in [0.1, 0.15) is 11.1 Å². The van der Waals surface area contributed by atoms with Gasteiger partial charge in [-0.2, -0.15) is 0 Å². The molecule has 0 atom stereocenters. The average molecular weight is 428 g/mol. The zero-order valence-electron chi connectivity index (χ0n) is 17.3. The smallest absolute Gasteiger partial charge is 0.160 e. The number of halogens is 1. The predicted molar refractivity (Wildman–Crippen MR) is 126 cm³/mol. The molecule has 1 N–H and O–H groups in total. The number of nitrogens with one attached hydrogen (secondary N) is 1. The van der Waals surface area contributed by atoms with Crippen molar-refractivity contribution in [3.8, 4) is 0 Å². The van der Waals surface area contributed by atoms with Gasteiger partial charge in [0.15, 0.2) is 5.65 Å². The normalized spacial score (nSPS) is 12.1. The minimum absolute atomic E-state index is 0.721. The molecule has 0 saturated heterocycles. The summed E-state index contributed by atoms with van der Waals surface area (Å²) in [6.45, 7) is 7.07. The van der Waals surface area contributed by atoms with Crippen molar-refractivity contribution in [3.05, 3.63) is 46.5 Å². The third kappa shape index (κ3) is 4.21. The molecule has 2 heterocycles. The highest BCUT2D eigenvalue weighted by atomic mass is 35.5. The highest BCUT2D eigenvalue weighted by Crippen LogP contribution is 2.31. The van der Waals surface area contributed by atoms with Crippen LogP contribution in [0.2, 0.25) is 5.02 Å². The first-order chi connectivity index (χ1) is 13.9. The van der Waals surface area contributed by atoms with E-state index >= 15 is 0 Å². The highest BCUT2D eigenvalue weighted by Gasteiger charge is 2.15. The molecule has 0 radical (unpaired) electrons. The van der Waals surface area contributed by atoms with Crippen LogP contribution in [0.4, 0.5) is 0 Å². The number of fused-ring (bicyclic) bond motifs is 4. The van der Waals surface area contributed by atoms with Crippen LogP contribution in [0.25, 0.3) is 33.1 Å². The van der Waals surface area contributed by atoms with Gasteiger partial charge >= 0.3 is 0 Å². The lowest BCUT2D eigenvalue weighted by atomic mass is 10.1. The van der Waals surface area contributed by atoms with Crippen molar-refractivity contribution in [2.75, 3.05) is 32.9 Å². The van der Waals surface area contributed by atoms with Gasteiger partial charge in [0.25, 0.3) is 0 Å². The fraction of sp³-hybridized carbons (Fsp3) is 0.364. The van der Waals surface area contributed by atoms with Crippen molar-refractivity contribution in [3.63, 3.8) is 0 Å². The second-order valence-electron chi connectivity index (χ2n) is 7.68. The zero-order chi connectivity index (χ0) is 20.5. The van der Waals surface area contributed by atoms with Crippen molar-refractivity contribution in [2.45, 2.75) is 20.4 Å². The Morgan fingerprint density at radius 3 is 2.52 bits per heavy atom. The lowest BCUT2D eigenvalue weighted by Gasteiger charge is -2.11. The fourth-order valence-electron chi connectivity index (χ4n) is 3.50. The minimum Gasteiger partial charge on any atom is -0.323 e. The quantitative estimate of drug-likeness (QED) is 0.339. The molecule has 0 saturated carbocycles. The number of hydrogen-bond donors (Lipinski definition) is 1. The molecular formula is C22H26ClN5S. The molecule has 7 heteroatoms. The van der Waals surface area contributed by atoms with E-state index in [2.05, 4.69) is 60.3 Å². The molecule has 2 aromatic carbocycles. The van der Waals surface area contributed by atoms with E-state index in [1.165, 1.54) is 11.1 Å². The van der Waals surface area contributed by atoms with Gasteiger partial charge in [0, 0.05) is 35.8 Å². The molecule has 4 aromatic rings. The monoisotopic (exact) mass is 427 g/mol. The number of benzene rings is 2. The number of rotatable bonds is 7. The Bertz CT molecular complexity index is 1180. The van der Waals surface area contributed by atoms with Crippen LogP contribution in [0.5, 0.6) is 0 Å². The molecule has 0 aliphatic heterocycles. The molecular weight excluding hydrogens is 402 g/mol. The number of likely N-dealkylation sites (N-methyl/N-ethyl adjacent to an activating group) is 1. The highest BCUT2D eigenvalue weighted by molar-refractivity contribution is 7.97. The summed E-state index contributed by atoms with van der Waals surface area (Å²) in [6, 6.07) is 10.3. The second kappa shape index (κ2) is 8.48. The average Bonchev–Trinajstić information content (AvgIpc) is 2.96. The number of hydrogen-bond acceptors (Lipinski definition) is 5. The zero-order valence-corrected chi connectivity index (χ0v) is 18.9. The van der Waals surface area contributed by atoms with Gasteiger partial charge in [-0.1, -0.05) is 23.5 Å². The summed E-state index contributed by atoms with van der Waals surface area (Å²) >= 11 is 8.05.